The van der Waals surface area contributed by atoms with Crippen LogP contribution in [0.2, 0.25) is 0 Å². The molecule has 0 bridgehead atoms. The number of hydrogen-bond donors (Lipinski definition) is 0. The second kappa shape index (κ2) is 42.9. The topological polar surface area (TPSA) is 18.5 Å². The molecule has 0 unspecified atom stereocenters. The van der Waals surface area contributed by atoms with Crippen LogP contribution in [0.4, 0.5) is 105 Å². The maximum absolute atomic E-state index is 14.2. The van der Waals surface area contributed by atoms with Gasteiger partial charge in [0.2, 0.25) is 0 Å². The second-order valence-electron chi connectivity index (χ2n) is 33.4. The van der Waals surface area contributed by atoms with E-state index >= 15 is 0 Å². The summed E-state index contributed by atoms with van der Waals surface area (Å²) in [7, 11) is 0. The van der Waals surface area contributed by atoms with Crippen molar-refractivity contribution in [1.29, 1.82) is 0 Å². The van der Waals surface area contributed by atoms with Crippen molar-refractivity contribution in [3.05, 3.63) is 35.7 Å². The number of halogens is 24. The van der Waals surface area contributed by atoms with Gasteiger partial charge in [0, 0.05) is 23.7 Å². The minimum atomic E-state index is -4.58. The van der Waals surface area contributed by atoms with Gasteiger partial charge >= 0.3 is 37.2 Å². The molecule has 0 spiro atoms. The number of allylic oxidation sites excluding steroid dienone is 6. The summed E-state index contributed by atoms with van der Waals surface area (Å²) in [4.78, 5) is 0. The van der Waals surface area contributed by atoms with Crippen LogP contribution in [0.5, 0.6) is 0 Å². The fourth-order valence-corrected chi connectivity index (χ4v) is 17.1. The summed E-state index contributed by atoms with van der Waals surface area (Å²) in [6.07, 6.45) is 0.491. The summed E-state index contributed by atoms with van der Waals surface area (Å²) in [6, 6.07) is 0. The Balaban J connectivity index is 0.000000229. The minimum Gasteiger partial charge on any atom is -0.317 e. The summed E-state index contributed by atoms with van der Waals surface area (Å²) in [6.45, 7) is 9.21. The van der Waals surface area contributed by atoms with Crippen LogP contribution >= 0.6 is 0 Å². The van der Waals surface area contributed by atoms with Crippen LogP contribution < -0.4 is 0 Å². The highest BCUT2D eigenvalue weighted by Gasteiger charge is 2.49. The van der Waals surface area contributed by atoms with Gasteiger partial charge in [-0.2, -0.15) is 61.5 Å². The Morgan fingerprint density at radius 2 is 0.552 bits per heavy atom. The highest BCUT2D eigenvalue weighted by Crippen LogP contribution is 2.49. The first-order chi connectivity index (χ1) is 48.8. The quantitative estimate of drug-likeness (QED) is 0.143. The molecule has 10 aliphatic rings. The number of ether oxygens (including phenoxy) is 2. The number of alkyl halides is 21. The summed E-state index contributed by atoms with van der Waals surface area (Å²) < 4.78 is 315. The Labute approximate surface area is 608 Å². The van der Waals surface area contributed by atoms with Crippen LogP contribution in [-0.4, -0.2) is 68.2 Å². The van der Waals surface area contributed by atoms with Crippen molar-refractivity contribution < 1.29 is 115 Å². The normalized spacial score (nSPS) is 35.6. The number of rotatable bonds is 12. The van der Waals surface area contributed by atoms with Crippen molar-refractivity contribution in [2.75, 3.05) is 6.67 Å². The molecule has 0 aromatic rings. The van der Waals surface area contributed by atoms with E-state index in [1.165, 1.54) is 25.7 Å². The molecule has 0 aromatic carbocycles. The van der Waals surface area contributed by atoms with Crippen LogP contribution in [-0.2, 0) is 9.47 Å². The Hall–Kier alpha value is -2.54. The molecule has 10 rings (SSSR count). The van der Waals surface area contributed by atoms with Crippen molar-refractivity contribution in [3.8, 4) is 0 Å². The highest BCUT2D eigenvalue weighted by atomic mass is 19.4. The monoisotopic (exact) mass is 1560 g/mol. The first kappa shape index (κ1) is 93.1. The Morgan fingerprint density at radius 3 is 0.895 bits per heavy atom. The largest absolute Gasteiger partial charge is 0.522 e. The molecule has 10 aliphatic carbocycles. The molecule has 0 saturated heterocycles. The van der Waals surface area contributed by atoms with Gasteiger partial charge in [-0.1, -0.05) is 111 Å². The van der Waals surface area contributed by atoms with E-state index < -0.39 is 121 Å². The fourth-order valence-electron chi connectivity index (χ4n) is 17.1. The third-order valence-electron chi connectivity index (χ3n) is 24.8. The molecule has 0 aliphatic heterocycles. The molecule has 0 atom stereocenters. The molecule has 10 fully saturated rings. The van der Waals surface area contributed by atoms with Gasteiger partial charge in [0.05, 0.1) is 47.6 Å². The third kappa shape index (κ3) is 34.1. The molecule has 105 heavy (non-hydrogen) atoms. The molecule has 10 saturated carbocycles. The van der Waals surface area contributed by atoms with Gasteiger partial charge in [-0.3, -0.25) is 4.74 Å². The fraction of sp³-hybridized carbons (Fsp3) is 0.924. The first-order valence-electron chi connectivity index (χ1n) is 39.6. The minimum absolute atomic E-state index is 0.00736. The van der Waals surface area contributed by atoms with Crippen molar-refractivity contribution >= 4 is 0 Å². The van der Waals surface area contributed by atoms with Crippen molar-refractivity contribution in [3.63, 3.8) is 0 Å². The standard InChI is InChI=1S/C16H23F5.C16H24F4.C16H25F3.C15H23F5O.C9H15F3.C7H10F4O/c1-10-2-4-11(5-3-10)14(17)15(18)12-6-8-13(9-7-12)16(19,20)21;1-11-2-6-13(7-3-11)15(17)10-12-4-8-14(9-5-12)16(18,19)20;1-12-2-4-13(5-3-12)6-7-14-8-10-15(11-9-14)16(17,18)19;1-10-2-4-12(5-3-10)15(19,20)21-13-8-6-11(7-9-13)14(16,17)18;1-7-2-4-8(5-3-7)9(11,12)6-10;8-5-1-3-6(4-2-5)12-7(9,10)11/h10-13H,2-9H2,1H3;10-14H,2-9H2,1H3;6-7,12-15H,2-5,8-11H2,1H3;10-13H,2-9H2,1H3;7-8H,2-6H2,1H3;5-6H,1-4H2/b15-14-;15-10-;7-6+;;;. The Morgan fingerprint density at radius 1 is 0.295 bits per heavy atom. The molecular weight excluding hydrogens is 1440 g/mol. The van der Waals surface area contributed by atoms with E-state index in [0.717, 1.165) is 70.1 Å². The lowest BCUT2D eigenvalue weighted by Crippen LogP contribution is -2.40. The van der Waals surface area contributed by atoms with E-state index in [2.05, 4.69) is 44.6 Å². The lowest BCUT2D eigenvalue weighted by molar-refractivity contribution is -0.345. The molecular formula is C79H120F24O2. The Kier molecular flexibility index (Phi) is 38.0. The van der Waals surface area contributed by atoms with E-state index in [0.29, 0.717) is 113 Å². The van der Waals surface area contributed by atoms with Crippen molar-refractivity contribution in [1.82, 2.24) is 0 Å². The highest BCUT2D eigenvalue weighted by molar-refractivity contribution is 5.10. The molecule has 0 radical (unpaired) electrons. The molecule has 0 amide bonds. The van der Waals surface area contributed by atoms with Crippen LogP contribution in [0.15, 0.2) is 35.7 Å². The summed E-state index contributed by atoms with van der Waals surface area (Å²) in [5, 5.41) is 0. The lowest BCUT2D eigenvalue weighted by Gasteiger charge is -2.36. The maximum Gasteiger partial charge on any atom is 0.522 e. The predicted octanol–water partition coefficient (Wildman–Crippen LogP) is 29.9. The summed E-state index contributed by atoms with van der Waals surface area (Å²) >= 11 is 0. The van der Waals surface area contributed by atoms with E-state index in [9.17, 15) is 105 Å². The zero-order valence-corrected chi connectivity index (χ0v) is 62.2. The molecule has 2 nitrogen and oxygen atoms in total. The first-order valence-corrected chi connectivity index (χ1v) is 39.6. The molecule has 0 N–H and O–H groups in total. The molecule has 0 aromatic heterocycles. The van der Waals surface area contributed by atoms with Gasteiger partial charge in [0.15, 0.2) is 6.67 Å². The van der Waals surface area contributed by atoms with Gasteiger partial charge in [-0.15, -0.1) is 13.2 Å². The zero-order chi connectivity index (χ0) is 78.3. The average Bonchev–Trinajstić information content (AvgIpc) is 0.833. The molecule has 0 heterocycles. The van der Waals surface area contributed by atoms with Gasteiger partial charge < -0.3 is 4.74 Å². The molecule has 616 valence electrons. The SMILES string of the molecule is CC1CCC(/C(F)=C(/F)C2CCC(C(F)(F)F)CC2)CC1.CC1CCC(/C(F)=C/C2CCC(C(F)(F)F)CC2)CC1.CC1CCC(/C=C/C2CCC(C(F)(F)F)CC2)CC1.CC1CCC(C(F)(F)CF)CC1.CC1CCC(C(F)(F)OC2CCC(C(F)(F)F)CC2)CC1.FC1CCC(OC(F)(F)F)CC1. The van der Waals surface area contributed by atoms with Gasteiger partial charge in [0.25, 0.3) is 5.92 Å². The third-order valence-corrected chi connectivity index (χ3v) is 24.8. The van der Waals surface area contributed by atoms with Crippen LogP contribution in [0, 0.1) is 101 Å². The van der Waals surface area contributed by atoms with E-state index in [4.69, 9.17) is 4.74 Å². The van der Waals surface area contributed by atoms with Crippen LogP contribution in [0.3, 0.4) is 0 Å². The van der Waals surface area contributed by atoms with E-state index in [1.807, 2.05) is 6.92 Å². The Bertz CT molecular complexity index is 2440. The maximum atomic E-state index is 14.2. The van der Waals surface area contributed by atoms with Gasteiger partial charge in [-0.05, 0) is 246 Å². The summed E-state index contributed by atoms with van der Waals surface area (Å²) in [5.74, 6) is -7.82. The van der Waals surface area contributed by atoms with Crippen molar-refractivity contribution in [2.24, 2.45) is 101 Å². The molecule has 26 heteroatoms. The van der Waals surface area contributed by atoms with Crippen molar-refractivity contribution in [2.45, 2.75) is 353 Å². The van der Waals surface area contributed by atoms with E-state index in [1.54, 1.807) is 6.08 Å². The van der Waals surface area contributed by atoms with Gasteiger partial charge in [0.1, 0.15) is 17.8 Å². The van der Waals surface area contributed by atoms with Crippen LogP contribution in [0.25, 0.3) is 0 Å². The second-order valence-corrected chi connectivity index (χ2v) is 33.4. The lowest BCUT2D eigenvalue weighted by atomic mass is 9.78. The predicted molar refractivity (Wildman–Crippen MR) is 361 cm³/mol. The van der Waals surface area contributed by atoms with Crippen LogP contribution in [0.1, 0.15) is 291 Å². The summed E-state index contributed by atoms with van der Waals surface area (Å²) in [5.41, 5.74) is 0. The average molecular weight is 1560 g/mol. The smallest absolute Gasteiger partial charge is 0.317 e. The number of hydrogen-bond acceptors (Lipinski definition) is 2. The van der Waals surface area contributed by atoms with E-state index in [-0.39, 0.29) is 113 Å². The zero-order valence-electron chi connectivity index (χ0n) is 62.2. The van der Waals surface area contributed by atoms with Gasteiger partial charge in [-0.25, -0.2) is 30.7 Å².